The smallest absolute Gasteiger partial charge is 0.333 e. The van der Waals surface area contributed by atoms with Crippen LogP contribution in [-0.2, 0) is 24.4 Å². The molecule has 184 valence electrons. The van der Waals surface area contributed by atoms with Crippen LogP contribution in [0.15, 0.2) is 12.2 Å². The SMILES string of the molecule is C=C(C)C(=O)OCCCCCCC[N+](C)(C)CCCS(=O)(=O)O.C[N+](C)(C)CC(=O)[O-]. The molecule has 0 unspecified atom stereocenters. The minimum atomic E-state index is -3.85. The second kappa shape index (κ2) is 15.3. The minimum absolute atomic E-state index is 0.0694. The molecule has 0 heterocycles. The second-order valence-electron chi connectivity index (χ2n) is 9.53. The zero-order valence-corrected chi connectivity index (χ0v) is 21.0. The van der Waals surface area contributed by atoms with E-state index in [1.807, 2.05) is 0 Å². The zero-order valence-electron chi connectivity index (χ0n) is 20.2. The van der Waals surface area contributed by atoms with Crippen LogP contribution in [0, 0.1) is 0 Å². The van der Waals surface area contributed by atoms with Gasteiger partial charge in [0.1, 0.15) is 6.54 Å². The van der Waals surface area contributed by atoms with Crippen LogP contribution in [0.2, 0.25) is 0 Å². The number of hydrogen-bond acceptors (Lipinski definition) is 6. The van der Waals surface area contributed by atoms with E-state index in [1.165, 1.54) is 0 Å². The van der Waals surface area contributed by atoms with Crippen LogP contribution in [0.3, 0.4) is 0 Å². The number of quaternary nitrogens is 2. The number of carboxylic acids is 1. The summed E-state index contributed by atoms with van der Waals surface area (Å²) in [6.07, 6.45) is 5.64. The molecule has 0 aliphatic heterocycles. The number of ether oxygens (including phenoxy) is 1. The summed E-state index contributed by atoms with van der Waals surface area (Å²) in [6, 6.07) is 0. The van der Waals surface area contributed by atoms with Crippen LogP contribution in [-0.4, -0.2) is 101 Å². The van der Waals surface area contributed by atoms with Crippen molar-refractivity contribution in [3.8, 4) is 0 Å². The Morgan fingerprint density at radius 1 is 0.935 bits per heavy atom. The summed E-state index contributed by atoms with van der Waals surface area (Å²) in [5, 5.41) is 9.89. The number of aliphatic carboxylic acids is 1. The third kappa shape index (κ3) is 26.5. The first-order chi connectivity index (χ1) is 14.0. The number of likely N-dealkylation sites (N-methyl/N-ethyl adjacent to an activating group) is 1. The molecule has 0 saturated heterocycles. The molecule has 9 nitrogen and oxygen atoms in total. The predicted octanol–water partition coefficient (Wildman–Crippen LogP) is 0.853. The number of rotatable bonds is 15. The lowest BCUT2D eigenvalue weighted by Gasteiger charge is -2.29. The van der Waals surface area contributed by atoms with Crippen molar-refractivity contribution in [3.05, 3.63) is 12.2 Å². The Labute approximate surface area is 188 Å². The summed E-state index contributed by atoms with van der Waals surface area (Å²) in [5.41, 5.74) is 0.430. The van der Waals surface area contributed by atoms with Gasteiger partial charge in [-0.05, 0) is 26.2 Å². The van der Waals surface area contributed by atoms with Crippen LogP contribution >= 0.6 is 0 Å². The second-order valence-corrected chi connectivity index (χ2v) is 11.1. The molecule has 0 amide bonds. The lowest BCUT2D eigenvalue weighted by Crippen LogP contribution is -2.45. The molecule has 0 atom stereocenters. The van der Waals surface area contributed by atoms with Gasteiger partial charge in [-0.3, -0.25) is 4.55 Å². The Morgan fingerprint density at radius 2 is 1.42 bits per heavy atom. The summed E-state index contributed by atoms with van der Waals surface area (Å²) in [6.45, 7) is 7.40. The maximum Gasteiger partial charge on any atom is 0.333 e. The number of carboxylic acid groups (broad SMARTS) is 1. The zero-order chi connectivity index (χ0) is 24.7. The molecule has 0 aromatic heterocycles. The van der Waals surface area contributed by atoms with Gasteiger partial charge < -0.3 is 23.6 Å². The van der Waals surface area contributed by atoms with E-state index in [0.717, 1.165) is 49.7 Å². The van der Waals surface area contributed by atoms with Crippen molar-refractivity contribution < 1.29 is 41.4 Å². The van der Waals surface area contributed by atoms with Crippen LogP contribution < -0.4 is 5.11 Å². The molecular formula is C21H43N2O7S+. The van der Waals surface area contributed by atoms with E-state index in [0.29, 0.717) is 23.1 Å². The Bertz CT molecular complexity index is 653. The number of unbranched alkanes of at least 4 members (excludes halogenated alkanes) is 4. The van der Waals surface area contributed by atoms with Crippen molar-refractivity contribution >= 4 is 22.1 Å². The summed E-state index contributed by atoms with van der Waals surface area (Å²) in [4.78, 5) is 21.0. The van der Waals surface area contributed by atoms with Crippen LogP contribution in [0.1, 0.15) is 45.4 Å². The molecule has 0 radical (unpaired) electrons. The molecule has 0 aromatic carbocycles. The van der Waals surface area contributed by atoms with E-state index in [1.54, 1.807) is 28.1 Å². The topological polar surface area (TPSA) is 121 Å². The van der Waals surface area contributed by atoms with Crippen molar-refractivity contribution in [3.63, 3.8) is 0 Å². The number of esters is 1. The van der Waals surface area contributed by atoms with Gasteiger partial charge in [0.2, 0.25) is 0 Å². The highest BCUT2D eigenvalue weighted by molar-refractivity contribution is 7.85. The molecule has 0 aliphatic rings. The molecule has 0 bridgehead atoms. The third-order valence-electron chi connectivity index (χ3n) is 4.26. The number of carbonyl (C=O) groups is 2. The van der Waals surface area contributed by atoms with Gasteiger partial charge in [-0.15, -0.1) is 0 Å². The fourth-order valence-corrected chi connectivity index (χ4v) is 3.13. The average molecular weight is 468 g/mol. The first-order valence-corrected chi connectivity index (χ1v) is 12.2. The molecule has 0 aliphatic carbocycles. The Kier molecular flexibility index (Phi) is 15.7. The highest BCUT2D eigenvalue weighted by atomic mass is 32.2. The van der Waals surface area contributed by atoms with Gasteiger partial charge in [0.25, 0.3) is 10.1 Å². The third-order valence-corrected chi connectivity index (χ3v) is 5.06. The lowest BCUT2D eigenvalue weighted by atomic mass is 10.1. The van der Waals surface area contributed by atoms with Gasteiger partial charge in [-0.25, -0.2) is 4.79 Å². The van der Waals surface area contributed by atoms with Gasteiger partial charge in [0.05, 0.1) is 66.7 Å². The molecule has 31 heavy (non-hydrogen) atoms. The predicted molar refractivity (Wildman–Crippen MR) is 120 cm³/mol. The van der Waals surface area contributed by atoms with Gasteiger partial charge >= 0.3 is 5.97 Å². The molecule has 0 fully saturated rings. The van der Waals surface area contributed by atoms with E-state index >= 15 is 0 Å². The summed E-state index contributed by atoms with van der Waals surface area (Å²) >= 11 is 0. The van der Waals surface area contributed by atoms with E-state index in [-0.39, 0.29) is 18.3 Å². The number of nitrogens with zero attached hydrogens (tertiary/aromatic N) is 2. The highest BCUT2D eigenvalue weighted by Gasteiger charge is 2.16. The lowest BCUT2D eigenvalue weighted by molar-refractivity contribution is -0.890. The van der Waals surface area contributed by atoms with Gasteiger partial charge in [-0.1, -0.05) is 19.4 Å². The molecule has 0 saturated carbocycles. The Hall–Kier alpha value is -1.49. The van der Waals surface area contributed by atoms with Gasteiger partial charge in [-0.2, -0.15) is 8.42 Å². The van der Waals surface area contributed by atoms with Crippen molar-refractivity contribution in [1.82, 2.24) is 0 Å². The molecule has 0 rings (SSSR count). The Morgan fingerprint density at radius 3 is 1.84 bits per heavy atom. The fraction of sp³-hybridized carbons (Fsp3) is 0.810. The monoisotopic (exact) mass is 467 g/mol. The first kappa shape index (κ1) is 31.7. The van der Waals surface area contributed by atoms with Gasteiger partial charge in [0.15, 0.2) is 0 Å². The standard InChI is InChI=1S/C16H31NO5S.C5H11NO2/c1-15(2)16(18)22-13-9-7-5-6-8-11-17(3,4)12-10-14-23(19,20)21;1-6(2,3)4-5(7)8/h1,5-14H2,2-4H3;4H2,1-3H3/p+1. The molecular weight excluding hydrogens is 424 g/mol. The van der Waals surface area contributed by atoms with E-state index in [2.05, 4.69) is 20.7 Å². The van der Waals surface area contributed by atoms with E-state index < -0.39 is 16.1 Å². The first-order valence-electron chi connectivity index (χ1n) is 10.6. The van der Waals surface area contributed by atoms with Crippen LogP contribution in [0.5, 0.6) is 0 Å². The molecule has 1 N–H and O–H groups in total. The normalized spacial score (nSPS) is 12.0. The van der Waals surface area contributed by atoms with Crippen molar-refractivity contribution in [1.29, 1.82) is 0 Å². The summed E-state index contributed by atoms with van der Waals surface area (Å²) < 4.78 is 36.3. The summed E-state index contributed by atoms with van der Waals surface area (Å²) in [7, 11) is 5.70. The largest absolute Gasteiger partial charge is 0.544 e. The maximum absolute atomic E-state index is 11.2. The van der Waals surface area contributed by atoms with Crippen molar-refractivity contribution in [2.75, 3.05) is 67.2 Å². The summed E-state index contributed by atoms with van der Waals surface area (Å²) in [5.74, 6) is -1.50. The number of hydrogen-bond donors (Lipinski definition) is 1. The van der Waals surface area contributed by atoms with E-state index in [4.69, 9.17) is 9.29 Å². The quantitative estimate of drug-likeness (QED) is 0.125. The van der Waals surface area contributed by atoms with Crippen LogP contribution in [0.4, 0.5) is 0 Å². The Balaban J connectivity index is 0. The highest BCUT2D eigenvalue weighted by Crippen LogP contribution is 2.09. The fourth-order valence-electron chi connectivity index (χ4n) is 2.63. The van der Waals surface area contributed by atoms with Crippen LogP contribution in [0.25, 0.3) is 0 Å². The van der Waals surface area contributed by atoms with Gasteiger partial charge in [0, 0.05) is 12.0 Å². The maximum atomic E-state index is 11.2. The average Bonchev–Trinajstić information content (AvgIpc) is 2.53. The van der Waals surface area contributed by atoms with Crippen molar-refractivity contribution in [2.24, 2.45) is 0 Å². The minimum Gasteiger partial charge on any atom is -0.544 e. The molecule has 10 heteroatoms. The molecule has 0 spiro atoms. The van der Waals surface area contributed by atoms with E-state index in [9.17, 15) is 23.1 Å². The molecule has 0 aromatic rings. The number of carbonyl (C=O) groups excluding carboxylic acids is 2. The van der Waals surface area contributed by atoms with Crippen molar-refractivity contribution in [2.45, 2.75) is 45.4 Å².